The Morgan fingerprint density at radius 2 is 1.97 bits per heavy atom. The molecule has 2 aromatic heterocycles. The summed E-state index contributed by atoms with van der Waals surface area (Å²) in [4.78, 5) is 32.3. The molecule has 0 saturated carbocycles. The summed E-state index contributed by atoms with van der Waals surface area (Å²) in [5, 5.41) is 15.0. The predicted octanol–water partition coefficient (Wildman–Crippen LogP) is 1.13. The van der Waals surface area contributed by atoms with E-state index in [9.17, 15) is 9.59 Å². The van der Waals surface area contributed by atoms with Crippen LogP contribution in [-0.2, 0) is 11.3 Å². The van der Waals surface area contributed by atoms with Gasteiger partial charge in [-0.1, -0.05) is 23.4 Å². The van der Waals surface area contributed by atoms with Crippen molar-refractivity contribution in [2.45, 2.75) is 26.3 Å². The van der Waals surface area contributed by atoms with E-state index >= 15 is 0 Å². The number of hydrogen-bond donors (Lipinski definition) is 1. The van der Waals surface area contributed by atoms with Crippen LogP contribution in [0, 0.1) is 12.8 Å². The fourth-order valence-corrected chi connectivity index (χ4v) is 3.27. The van der Waals surface area contributed by atoms with Crippen LogP contribution in [0.15, 0.2) is 41.1 Å². The maximum absolute atomic E-state index is 12.7. The highest BCUT2D eigenvalue weighted by atomic mass is 16.5. The van der Waals surface area contributed by atoms with Crippen LogP contribution in [0.4, 0.5) is 0 Å². The number of para-hydroxylation sites is 1. The number of hydrogen-bond acceptors (Lipinski definition) is 7. The van der Waals surface area contributed by atoms with Gasteiger partial charge in [-0.15, -0.1) is 5.10 Å². The van der Waals surface area contributed by atoms with E-state index in [1.807, 2.05) is 30.3 Å². The normalized spacial score (nSPS) is 14.7. The summed E-state index contributed by atoms with van der Waals surface area (Å²) in [6.07, 6.45) is 2.65. The van der Waals surface area contributed by atoms with Crippen LogP contribution in [0.2, 0.25) is 0 Å². The van der Waals surface area contributed by atoms with E-state index in [2.05, 4.69) is 25.7 Å². The molecule has 4 rings (SSSR count). The number of benzene rings is 1. The van der Waals surface area contributed by atoms with E-state index in [0.29, 0.717) is 43.3 Å². The van der Waals surface area contributed by atoms with Gasteiger partial charge in [0, 0.05) is 19.0 Å². The van der Waals surface area contributed by atoms with Crippen molar-refractivity contribution < 1.29 is 14.1 Å². The molecule has 1 aliphatic heterocycles. The van der Waals surface area contributed by atoms with Crippen molar-refractivity contribution in [1.82, 2.24) is 35.4 Å². The van der Waals surface area contributed by atoms with Gasteiger partial charge in [0.25, 0.3) is 5.91 Å². The second-order valence-electron chi connectivity index (χ2n) is 6.87. The molecule has 29 heavy (non-hydrogen) atoms. The van der Waals surface area contributed by atoms with Crippen molar-refractivity contribution in [2.75, 3.05) is 13.1 Å². The van der Waals surface area contributed by atoms with Crippen molar-refractivity contribution in [3.63, 3.8) is 0 Å². The third-order valence-electron chi connectivity index (χ3n) is 4.83. The van der Waals surface area contributed by atoms with Crippen LogP contribution in [0.5, 0.6) is 0 Å². The van der Waals surface area contributed by atoms with Crippen LogP contribution in [0.3, 0.4) is 0 Å². The number of aromatic nitrogens is 5. The van der Waals surface area contributed by atoms with Gasteiger partial charge < -0.3 is 14.7 Å². The monoisotopic (exact) mass is 395 g/mol. The summed E-state index contributed by atoms with van der Waals surface area (Å²) in [5.74, 6) is 0.522. The van der Waals surface area contributed by atoms with Crippen LogP contribution in [-0.4, -0.2) is 54.9 Å². The zero-order valence-electron chi connectivity index (χ0n) is 16.0. The van der Waals surface area contributed by atoms with E-state index < -0.39 is 0 Å². The predicted molar refractivity (Wildman–Crippen MR) is 101 cm³/mol. The number of carbonyl (C=O) groups excluding carboxylic acids is 2. The summed E-state index contributed by atoms with van der Waals surface area (Å²) in [6, 6.07) is 9.41. The lowest BCUT2D eigenvalue weighted by Crippen LogP contribution is -2.43. The van der Waals surface area contributed by atoms with Crippen molar-refractivity contribution in [3.8, 4) is 5.69 Å². The Labute approximate surface area is 166 Å². The second kappa shape index (κ2) is 8.21. The summed E-state index contributed by atoms with van der Waals surface area (Å²) < 4.78 is 4.99. The molecule has 1 aliphatic rings. The maximum atomic E-state index is 12.7. The minimum absolute atomic E-state index is 0.0667. The van der Waals surface area contributed by atoms with E-state index in [0.717, 1.165) is 5.69 Å². The molecule has 0 atom stereocenters. The number of amides is 2. The topological polar surface area (TPSA) is 119 Å². The fourth-order valence-electron chi connectivity index (χ4n) is 3.27. The number of rotatable bonds is 5. The van der Waals surface area contributed by atoms with E-state index in [-0.39, 0.29) is 24.3 Å². The Morgan fingerprint density at radius 3 is 2.66 bits per heavy atom. The Hall–Kier alpha value is -3.56. The summed E-state index contributed by atoms with van der Waals surface area (Å²) in [7, 11) is 0. The van der Waals surface area contributed by atoms with E-state index in [1.165, 1.54) is 11.0 Å². The van der Waals surface area contributed by atoms with Gasteiger partial charge >= 0.3 is 0 Å². The highest BCUT2D eigenvalue weighted by Gasteiger charge is 2.29. The smallest absolute Gasteiger partial charge is 0.276 e. The lowest BCUT2D eigenvalue weighted by atomic mass is 9.95. The standard InChI is InChI=1S/C19H21N7O3/c1-13-22-17(29-24-13)12-20-18(27)14-7-9-25(10-8-14)19(28)16-11-21-26(23-16)15-5-3-2-4-6-15/h2-6,11,14H,7-10,12H2,1H3,(H,20,27). The number of carbonyl (C=O) groups is 2. The van der Waals surface area contributed by atoms with Crippen molar-refractivity contribution >= 4 is 11.8 Å². The first kappa shape index (κ1) is 18.8. The molecule has 0 aliphatic carbocycles. The average Bonchev–Trinajstić information content (AvgIpc) is 3.41. The van der Waals surface area contributed by atoms with Gasteiger partial charge in [-0.3, -0.25) is 9.59 Å². The second-order valence-corrected chi connectivity index (χ2v) is 6.87. The molecular weight excluding hydrogens is 374 g/mol. The number of nitrogens with zero attached hydrogens (tertiary/aromatic N) is 6. The largest absolute Gasteiger partial charge is 0.347 e. The summed E-state index contributed by atoms with van der Waals surface area (Å²) in [6.45, 7) is 2.92. The number of nitrogens with one attached hydrogen (secondary N) is 1. The van der Waals surface area contributed by atoms with Gasteiger partial charge in [0.2, 0.25) is 11.8 Å². The van der Waals surface area contributed by atoms with E-state index in [4.69, 9.17) is 4.52 Å². The minimum Gasteiger partial charge on any atom is -0.347 e. The lowest BCUT2D eigenvalue weighted by Gasteiger charge is -2.30. The zero-order chi connectivity index (χ0) is 20.2. The molecule has 2 amide bonds. The van der Waals surface area contributed by atoms with Crippen LogP contribution >= 0.6 is 0 Å². The molecule has 1 saturated heterocycles. The Bertz CT molecular complexity index is 990. The quantitative estimate of drug-likeness (QED) is 0.688. The average molecular weight is 395 g/mol. The third-order valence-corrected chi connectivity index (χ3v) is 4.83. The number of aryl methyl sites for hydroxylation is 1. The van der Waals surface area contributed by atoms with Gasteiger partial charge in [-0.25, -0.2) is 0 Å². The highest BCUT2D eigenvalue weighted by molar-refractivity contribution is 5.92. The third kappa shape index (κ3) is 4.31. The van der Waals surface area contributed by atoms with Crippen LogP contribution in [0.1, 0.15) is 35.0 Å². The van der Waals surface area contributed by atoms with Crippen molar-refractivity contribution in [2.24, 2.45) is 5.92 Å². The van der Waals surface area contributed by atoms with Gasteiger partial charge in [-0.2, -0.15) is 14.9 Å². The molecule has 1 aromatic carbocycles. The molecule has 0 radical (unpaired) electrons. The molecule has 0 spiro atoms. The van der Waals surface area contributed by atoms with Crippen LogP contribution in [0.25, 0.3) is 5.69 Å². The SMILES string of the molecule is Cc1noc(CNC(=O)C2CCN(C(=O)c3cnn(-c4ccccc4)n3)CC2)n1. The first-order chi connectivity index (χ1) is 14.1. The fraction of sp³-hybridized carbons (Fsp3) is 0.368. The molecule has 10 heteroatoms. The highest BCUT2D eigenvalue weighted by Crippen LogP contribution is 2.19. The zero-order valence-corrected chi connectivity index (χ0v) is 16.0. The summed E-state index contributed by atoms with van der Waals surface area (Å²) >= 11 is 0. The molecule has 1 N–H and O–H groups in total. The molecule has 0 bridgehead atoms. The first-order valence-electron chi connectivity index (χ1n) is 9.44. The van der Waals surface area contributed by atoms with Crippen molar-refractivity contribution in [3.05, 3.63) is 53.9 Å². The van der Waals surface area contributed by atoms with Crippen molar-refractivity contribution in [1.29, 1.82) is 0 Å². The Morgan fingerprint density at radius 1 is 1.21 bits per heavy atom. The number of likely N-dealkylation sites (tertiary alicyclic amines) is 1. The molecule has 3 heterocycles. The van der Waals surface area contributed by atoms with Gasteiger partial charge in [0.15, 0.2) is 11.5 Å². The first-order valence-corrected chi connectivity index (χ1v) is 9.44. The molecule has 150 valence electrons. The molecule has 1 fully saturated rings. The lowest BCUT2D eigenvalue weighted by molar-refractivity contribution is -0.126. The van der Waals surface area contributed by atoms with E-state index in [1.54, 1.807) is 11.8 Å². The van der Waals surface area contributed by atoms with Gasteiger partial charge in [0.1, 0.15) is 0 Å². The molecular formula is C19H21N7O3. The van der Waals surface area contributed by atoms with Gasteiger partial charge in [-0.05, 0) is 31.9 Å². The molecule has 0 unspecified atom stereocenters. The Balaban J connectivity index is 1.29. The van der Waals surface area contributed by atoms with Crippen LogP contribution < -0.4 is 5.32 Å². The Kier molecular flexibility index (Phi) is 5.32. The summed E-state index contributed by atoms with van der Waals surface area (Å²) in [5.41, 5.74) is 1.09. The molecule has 3 aromatic rings. The minimum atomic E-state index is -0.174. The molecule has 10 nitrogen and oxygen atoms in total. The van der Waals surface area contributed by atoms with Gasteiger partial charge in [0.05, 0.1) is 18.4 Å². The maximum Gasteiger partial charge on any atom is 0.276 e. The number of piperidine rings is 1.